The Morgan fingerprint density at radius 3 is 2.71 bits per heavy atom. The monoisotopic (exact) mass is 393 g/mol. The van der Waals surface area contributed by atoms with Gasteiger partial charge in [0.1, 0.15) is 5.75 Å². The van der Waals surface area contributed by atoms with Crippen molar-refractivity contribution in [2.24, 2.45) is 0 Å². The zero-order chi connectivity index (χ0) is 14.7. The number of ether oxygens (including phenoxy) is 1. The van der Waals surface area contributed by atoms with Crippen LogP contribution in [0.15, 0.2) is 48.5 Å². The van der Waals surface area contributed by atoms with Gasteiger partial charge in [-0.15, -0.1) is 0 Å². The third-order valence-corrected chi connectivity index (χ3v) is 4.78. The van der Waals surface area contributed by atoms with Gasteiger partial charge in [0.05, 0.1) is 6.61 Å². The van der Waals surface area contributed by atoms with E-state index in [1.807, 2.05) is 6.07 Å². The van der Waals surface area contributed by atoms with Crippen LogP contribution in [-0.4, -0.2) is 19.2 Å². The Morgan fingerprint density at radius 1 is 1.19 bits per heavy atom. The largest absolute Gasteiger partial charge is 0.493 e. The van der Waals surface area contributed by atoms with Crippen LogP contribution in [0, 0.1) is 3.57 Å². The van der Waals surface area contributed by atoms with Gasteiger partial charge in [0.2, 0.25) is 0 Å². The van der Waals surface area contributed by atoms with Gasteiger partial charge in [0, 0.05) is 21.1 Å². The fourth-order valence-corrected chi connectivity index (χ4v) is 3.37. The fourth-order valence-electron chi connectivity index (χ4n) is 3.01. The third kappa shape index (κ3) is 3.40. The van der Waals surface area contributed by atoms with Crippen molar-refractivity contribution in [1.82, 2.24) is 5.32 Å². The smallest absolute Gasteiger partial charge is 0.122 e. The van der Waals surface area contributed by atoms with E-state index in [0.29, 0.717) is 12.0 Å². The van der Waals surface area contributed by atoms with E-state index in [1.165, 1.54) is 14.7 Å². The fraction of sp³-hybridized carbons (Fsp3) is 0.333. The van der Waals surface area contributed by atoms with E-state index in [2.05, 4.69) is 77.3 Å². The Bertz CT molecular complexity index is 596. The number of para-hydroxylation sites is 1. The predicted octanol–water partition coefficient (Wildman–Crippen LogP) is 3.99. The second-order valence-corrected chi connectivity index (χ2v) is 6.70. The molecule has 1 aliphatic rings. The average molecular weight is 393 g/mol. The second kappa shape index (κ2) is 6.79. The number of nitrogens with one attached hydrogen (secondary N) is 1. The van der Waals surface area contributed by atoms with E-state index < -0.39 is 0 Å². The number of halogens is 1. The van der Waals surface area contributed by atoms with Crippen LogP contribution in [-0.2, 0) is 6.42 Å². The highest BCUT2D eigenvalue weighted by atomic mass is 127. The van der Waals surface area contributed by atoms with Crippen molar-refractivity contribution < 1.29 is 4.74 Å². The molecule has 2 unspecified atom stereocenters. The SMILES string of the molecule is CCNC(Cc1ccc(I)cc1)C1COc2ccccc21. The molecule has 0 aliphatic carbocycles. The van der Waals surface area contributed by atoms with Crippen molar-refractivity contribution in [1.29, 1.82) is 0 Å². The molecule has 0 saturated heterocycles. The van der Waals surface area contributed by atoms with E-state index in [-0.39, 0.29) is 0 Å². The first-order valence-electron chi connectivity index (χ1n) is 7.47. The van der Waals surface area contributed by atoms with Gasteiger partial charge in [0.15, 0.2) is 0 Å². The molecule has 2 aromatic rings. The summed E-state index contributed by atoms with van der Waals surface area (Å²) in [5.41, 5.74) is 2.72. The van der Waals surface area contributed by atoms with Crippen LogP contribution >= 0.6 is 22.6 Å². The molecular formula is C18H20INO. The number of fused-ring (bicyclic) bond motifs is 1. The zero-order valence-corrected chi connectivity index (χ0v) is 14.3. The molecule has 2 aromatic carbocycles. The number of likely N-dealkylation sites (N-methyl/N-ethyl adjacent to an activating group) is 1. The summed E-state index contributed by atoms with van der Waals surface area (Å²) in [5.74, 6) is 1.48. The maximum absolute atomic E-state index is 5.85. The summed E-state index contributed by atoms with van der Waals surface area (Å²) in [5, 5.41) is 3.65. The Morgan fingerprint density at radius 2 is 1.95 bits per heavy atom. The van der Waals surface area contributed by atoms with E-state index in [0.717, 1.165) is 25.3 Å². The predicted molar refractivity (Wildman–Crippen MR) is 95.0 cm³/mol. The maximum Gasteiger partial charge on any atom is 0.122 e. The third-order valence-electron chi connectivity index (χ3n) is 4.06. The topological polar surface area (TPSA) is 21.3 Å². The molecule has 0 bridgehead atoms. The molecule has 3 heteroatoms. The number of benzene rings is 2. The Labute approximate surface area is 140 Å². The second-order valence-electron chi connectivity index (χ2n) is 5.45. The van der Waals surface area contributed by atoms with Gasteiger partial charge in [-0.25, -0.2) is 0 Å². The maximum atomic E-state index is 5.85. The molecule has 0 amide bonds. The molecular weight excluding hydrogens is 373 g/mol. The molecule has 21 heavy (non-hydrogen) atoms. The lowest BCUT2D eigenvalue weighted by Gasteiger charge is -2.24. The summed E-state index contributed by atoms with van der Waals surface area (Å²) >= 11 is 2.35. The van der Waals surface area contributed by atoms with E-state index in [1.54, 1.807) is 0 Å². The first-order chi connectivity index (χ1) is 10.3. The van der Waals surface area contributed by atoms with Gasteiger partial charge in [-0.2, -0.15) is 0 Å². The van der Waals surface area contributed by atoms with Crippen LogP contribution in [0.3, 0.4) is 0 Å². The normalized spacial score (nSPS) is 18.1. The lowest BCUT2D eigenvalue weighted by atomic mass is 9.89. The average Bonchev–Trinajstić information content (AvgIpc) is 2.93. The lowest BCUT2D eigenvalue weighted by Crippen LogP contribution is -2.37. The molecule has 1 aliphatic heterocycles. The van der Waals surface area contributed by atoms with Crippen LogP contribution in [0.5, 0.6) is 5.75 Å². The van der Waals surface area contributed by atoms with E-state index >= 15 is 0 Å². The highest BCUT2D eigenvalue weighted by molar-refractivity contribution is 14.1. The van der Waals surface area contributed by atoms with Crippen molar-refractivity contribution >= 4 is 22.6 Å². The van der Waals surface area contributed by atoms with Crippen LogP contribution in [0.4, 0.5) is 0 Å². The minimum absolute atomic E-state index is 0.415. The molecule has 2 atom stereocenters. The number of rotatable bonds is 5. The summed E-state index contributed by atoms with van der Waals surface area (Å²) in [6.45, 7) is 3.93. The molecule has 1 heterocycles. The number of hydrogen-bond donors (Lipinski definition) is 1. The number of hydrogen-bond acceptors (Lipinski definition) is 2. The molecule has 110 valence electrons. The van der Waals surface area contributed by atoms with Crippen molar-refractivity contribution in [3.8, 4) is 5.75 Å². The molecule has 0 aromatic heterocycles. The Balaban J connectivity index is 1.80. The van der Waals surface area contributed by atoms with Gasteiger partial charge in [-0.3, -0.25) is 0 Å². The van der Waals surface area contributed by atoms with Gasteiger partial charge < -0.3 is 10.1 Å². The van der Waals surface area contributed by atoms with Crippen LogP contribution in [0.25, 0.3) is 0 Å². The molecule has 2 nitrogen and oxygen atoms in total. The Hall–Kier alpha value is -1.07. The molecule has 3 rings (SSSR count). The lowest BCUT2D eigenvalue weighted by molar-refractivity contribution is 0.298. The van der Waals surface area contributed by atoms with E-state index in [9.17, 15) is 0 Å². The van der Waals surface area contributed by atoms with Crippen LogP contribution in [0.1, 0.15) is 24.0 Å². The minimum atomic E-state index is 0.415. The van der Waals surface area contributed by atoms with Crippen molar-refractivity contribution in [2.75, 3.05) is 13.2 Å². The van der Waals surface area contributed by atoms with Crippen LogP contribution in [0.2, 0.25) is 0 Å². The van der Waals surface area contributed by atoms with Crippen molar-refractivity contribution in [3.63, 3.8) is 0 Å². The minimum Gasteiger partial charge on any atom is -0.493 e. The quantitative estimate of drug-likeness (QED) is 0.776. The van der Waals surface area contributed by atoms with Gasteiger partial charge in [0.25, 0.3) is 0 Å². The highest BCUT2D eigenvalue weighted by Crippen LogP contribution is 2.36. The summed E-state index contributed by atoms with van der Waals surface area (Å²) in [7, 11) is 0. The standard InChI is InChI=1S/C18H20INO/c1-2-20-17(11-13-7-9-14(19)10-8-13)16-12-21-18-6-4-3-5-15(16)18/h3-10,16-17,20H,2,11-12H2,1H3. The van der Waals surface area contributed by atoms with Crippen LogP contribution < -0.4 is 10.1 Å². The van der Waals surface area contributed by atoms with Gasteiger partial charge in [-0.05, 0) is 59.3 Å². The molecule has 0 saturated carbocycles. The van der Waals surface area contributed by atoms with Crippen molar-refractivity contribution in [2.45, 2.75) is 25.3 Å². The van der Waals surface area contributed by atoms with Gasteiger partial charge in [-0.1, -0.05) is 37.3 Å². The summed E-state index contributed by atoms with van der Waals surface area (Å²) < 4.78 is 7.14. The van der Waals surface area contributed by atoms with Crippen molar-refractivity contribution in [3.05, 3.63) is 63.2 Å². The summed E-state index contributed by atoms with van der Waals surface area (Å²) in [4.78, 5) is 0. The first kappa shape index (κ1) is 14.9. The molecule has 0 fully saturated rings. The zero-order valence-electron chi connectivity index (χ0n) is 12.2. The highest BCUT2D eigenvalue weighted by Gasteiger charge is 2.30. The molecule has 1 N–H and O–H groups in total. The first-order valence-corrected chi connectivity index (χ1v) is 8.55. The van der Waals surface area contributed by atoms with Gasteiger partial charge >= 0.3 is 0 Å². The summed E-state index contributed by atoms with van der Waals surface area (Å²) in [6.07, 6.45) is 1.03. The summed E-state index contributed by atoms with van der Waals surface area (Å²) in [6, 6.07) is 17.7. The Kier molecular flexibility index (Phi) is 4.80. The molecule has 0 spiro atoms. The van der Waals surface area contributed by atoms with E-state index in [4.69, 9.17) is 4.74 Å². The molecule has 0 radical (unpaired) electrons.